The Morgan fingerprint density at radius 2 is 2.12 bits per heavy atom. The van der Waals surface area contributed by atoms with Crippen LogP contribution in [0.1, 0.15) is 15.9 Å². The molecular formula is C12H12N2O2. The van der Waals surface area contributed by atoms with Gasteiger partial charge < -0.3 is 10.4 Å². The second-order valence-corrected chi connectivity index (χ2v) is 3.60. The van der Waals surface area contributed by atoms with E-state index in [4.69, 9.17) is 5.11 Å². The molecule has 4 nitrogen and oxygen atoms in total. The van der Waals surface area contributed by atoms with Crippen LogP contribution in [-0.4, -0.2) is 23.1 Å². The van der Waals surface area contributed by atoms with E-state index in [1.807, 2.05) is 13.0 Å². The predicted molar refractivity (Wildman–Crippen MR) is 63.0 cm³/mol. The van der Waals surface area contributed by atoms with Crippen molar-refractivity contribution >= 4 is 22.6 Å². The molecule has 0 radical (unpaired) electrons. The molecule has 0 aliphatic carbocycles. The fourth-order valence-corrected chi connectivity index (χ4v) is 1.79. The number of carboxylic acid groups (broad SMARTS) is 1. The lowest BCUT2D eigenvalue weighted by Crippen LogP contribution is -1.99. The average molecular weight is 216 g/mol. The van der Waals surface area contributed by atoms with E-state index in [9.17, 15) is 4.79 Å². The van der Waals surface area contributed by atoms with E-state index in [1.54, 1.807) is 25.4 Å². The van der Waals surface area contributed by atoms with E-state index in [2.05, 4.69) is 10.3 Å². The van der Waals surface area contributed by atoms with Crippen molar-refractivity contribution in [2.75, 3.05) is 12.4 Å². The standard InChI is InChI=1S/C12H12N2O2/c1-7-5-8(12(15)16)6-10-9(7)3-4-14-11(10)13-2/h3-6H,1-2H3,(H,13,14)(H,15,16). The third-order valence-corrected chi connectivity index (χ3v) is 2.57. The predicted octanol–water partition coefficient (Wildman–Crippen LogP) is 2.28. The largest absolute Gasteiger partial charge is 0.478 e. The number of pyridine rings is 1. The first-order valence-electron chi connectivity index (χ1n) is 4.94. The van der Waals surface area contributed by atoms with Crippen LogP contribution in [0.25, 0.3) is 10.8 Å². The molecule has 0 aliphatic rings. The van der Waals surface area contributed by atoms with E-state index in [0.717, 1.165) is 16.3 Å². The smallest absolute Gasteiger partial charge is 0.335 e. The third kappa shape index (κ3) is 1.58. The summed E-state index contributed by atoms with van der Waals surface area (Å²) in [4.78, 5) is 15.1. The molecule has 1 aromatic heterocycles. The van der Waals surface area contributed by atoms with Crippen LogP contribution in [0.15, 0.2) is 24.4 Å². The maximum Gasteiger partial charge on any atom is 0.335 e. The normalized spacial score (nSPS) is 10.4. The first-order valence-corrected chi connectivity index (χ1v) is 4.94. The highest BCUT2D eigenvalue weighted by Crippen LogP contribution is 2.25. The van der Waals surface area contributed by atoms with Gasteiger partial charge in [-0.25, -0.2) is 9.78 Å². The summed E-state index contributed by atoms with van der Waals surface area (Å²) >= 11 is 0. The van der Waals surface area contributed by atoms with E-state index in [0.29, 0.717) is 5.82 Å². The zero-order valence-electron chi connectivity index (χ0n) is 9.11. The van der Waals surface area contributed by atoms with Gasteiger partial charge in [0.2, 0.25) is 0 Å². The number of anilines is 1. The molecule has 4 heteroatoms. The number of carboxylic acids is 1. The fraction of sp³-hybridized carbons (Fsp3) is 0.167. The average Bonchev–Trinajstić information content (AvgIpc) is 2.28. The van der Waals surface area contributed by atoms with Gasteiger partial charge in [0.15, 0.2) is 0 Å². The molecule has 2 N–H and O–H groups in total. The second-order valence-electron chi connectivity index (χ2n) is 3.60. The summed E-state index contributed by atoms with van der Waals surface area (Å²) < 4.78 is 0. The van der Waals surface area contributed by atoms with Crippen molar-refractivity contribution in [1.29, 1.82) is 0 Å². The summed E-state index contributed by atoms with van der Waals surface area (Å²) in [5.74, 6) is -0.223. The lowest BCUT2D eigenvalue weighted by molar-refractivity contribution is 0.0697. The van der Waals surface area contributed by atoms with Crippen LogP contribution in [-0.2, 0) is 0 Å². The lowest BCUT2D eigenvalue weighted by Gasteiger charge is -2.08. The minimum absolute atomic E-state index is 0.287. The summed E-state index contributed by atoms with van der Waals surface area (Å²) in [6, 6.07) is 5.20. The highest BCUT2D eigenvalue weighted by molar-refractivity contribution is 6.00. The van der Waals surface area contributed by atoms with Gasteiger partial charge in [-0.15, -0.1) is 0 Å². The van der Waals surface area contributed by atoms with Crippen molar-refractivity contribution in [3.8, 4) is 0 Å². The number of aryl methyl sites for hydroxylation is 1. The number of benzene rings is 1. The van der Waals surface area contributed by atoms with Gasteiger partial charge >= 0.3 is 5.97 Å². The van der Waals surface area contributed by atoms with Crippen molar-refractivity contribution in [2.24, 2.45) is 0 Å². The molecule has 82 valence electrons. The molecule has 0 bridgehead atoms. The number of rotatable bonds is 2. The minimum Gasteiger partial charge on any atom is -0.478 e. The van der Waals surface area contributed by atoms with Crippen LogP contribution < -0.4 is 5.32 Å². The Hall–Kier alpha value is -2.10. The summed E-state index contributed by atoms with van der Waals surface area (Å²) in [7, 11) is 1.77. The van der Waals surface area contributed by atoms with Gasteiger partial charge in [0.1, 0.15) is 5.82 Å². The highest BCUT2D eigenvalue weighted by Gasteiger charge is 2.09. The van der Waals surface area contributed by atoms with Crippen molar-refractivity contribution < 1.29 is 9.90 Å². The van der Waals surface area contributed by atoms with E-state index in [1.165, 1.54) is 0 Å². The molecule has 0 atom stereocenters. The van der Waals surface area contributed by atoms with E-state index < -0.39 is 5.97 Å². The second kappa shape index (κ2) is 3.81. The van der Waals surface area contributed by atoms with Crippen LogP contribution in [0, 0.1) is 6.92 Å². The van der Waals surface area contributed by atoms with Gasteiger partial charge in [0.05, 0.1) is 5.56 Å². The summed E-state index contributed by atoms with van der Waals surface area (Å²) in [6.45, 7) is 1.90. The molecule has 0 aliphatic heterocycles. The molecule has 1 heterocycles. The molecule has 0 fully saturated rings. The molecule has 0 spiro atoms. The molecule has 16 heavy (non-hydrogen) atoms. The van der Waals surface area contributed by atoms with Crippen molar-refractivity contribution in [1.82, 2.24) is 4.98 Å². The number of carbonyl (C=O) groups is 1. The van der Waals surface area contributed by atoms with Gasteiger partial charge in [-0.3, -0.25) is 0 Å². The Balaban J connectivity index is 2.82. The Bertz CT molecular complexity index is 564. The van der Waals surface area contributed by atoms with Crippen LogP contribution >= 0.6 is 0 Å². The maximum atomic E-state index is 11.0. The Morgan fingerprint density at radius 1 is 1.38 bits per heavy atom. The van der Waals surface area contributed by atoms with E-state index >= 15 is 0 Å². The van der Waals surface area contributed by atoms with Crippen molar-refractivity contribution in [2.45, 2.75) is 6.92 Å². The number of nitrogens with one attached hydrogen (secondary N) is 1. The Morgan fingerprint density at radius 3 is 2.75 bits per heavy atom. The molecular weight excluding hydrogens is 204 g/mol. The number of hydrogen-bond donors (Lipinski definition) is 2. The number of hydrogen-bond acceptors (Lipinski definition) is 3. The summed E-state index contributed by atoms with van der Waals surface area (Å²) in [5, 5.41) is 13.8. The lowest BCUT2D eigenvalue weighted by atomic mass is 10.0. The van der Waals surface area contributed by atoms with Crippen molar-refractivity contribution in [3.63, 3.8) is 0 Å². The highest BCUT2D eigenvalue weighted by atomic mass is 16.4. The first-order chi connectivity index (χ1) is 7.63. The van der Waals surface area contributed by atoms with Gasteiger partial charge in [-0.05, 0) is 36.1 Å². The van der Waals surface area contributed by atoms with Gasteiger partial charge in [0.25, 0.3) is 0 Å². The maximum absolute atomic E-state index is 11.0. The third-order valence-electron chi connectivity index (χ3n) is 2.57. The molecule has 0 saturated heterocycles. The molecule has 0 unspecified atom stereocenters. The van der Waals surface area contributed by atoms with Crippen LogP contribution in [0.4, 0.5) is 5.82 Å². The van der Waals surface area contributed by atoms with Crippen LogP contribution in [0.5, 0.6) is 0 Å². The number of nitrogens with zero attached hydrogens (tertiary/aromatic N) is 1. The van der Waals surface area contributed by atoms with Gasteiger partial charge in [0, 0.05) is 18.6 Å². The molecule has 1 aromatic carbocycles. The Kier molecular flexibility index (Phi) is 2.48. The number of fused-ring (bicyclic) bond motifs is 1. The quantitative estimate of drug-likeness (QED) is 0.808. The van der Waals surface area contributed by atoms with Gasteiger partial charge in [-0.2, -0.15) is 0 Å². The Labute approximate surface area is 92.9 Å². The molecule has 0 saturated carbocycles. The fourth-order valence-electron chi connectivity index (χ4n) is 1.79. The molecule has 2 rings (SSSR count). The minimum atomic E-state index is -0.920. The zero-order valence-corrected chi connectivity index (χ0v) is 9.11. The number of aromatic nitrogens is 1. The van der Waals surface area contributed by atoms with Crippen molar-refractivity contribution in [3.05, 3.63) is 35.5 Å². The summed E-state index contributed by atoms with van der Waals surface area (Å²) in [6.07, 6.45) is 1.71. The topological polar surface area (TPSA) is 62.2 Å². The van der Waals surface area contributed by atoms with Crippen LogP contribution in [0.3, 0.4) is 0 Å². The first kappa shape index (κ1) is 10.4. The van der Waals surface area contributed by atoms with Gasteiger partial charge in [-0.1, -0.05) is 0 Å². The zero-order chi connectivity index (χ0) is 11.7. The molecule has 2 aromatic rings. The number of aromatic carboxylic acids is 1. The molecule has 0 amide bonds. The van der Waals surface area contributed by atoms with Crippen LogP contribution in [0.2, 0.25) is 0 Å². The monoisotopic (exact) mass is 216 g/mol. The SMILES string of the molecule is CNc1nccc2c(C)cc(C(=O)O)cc12. The summed E-state index contributed by atoms with van der Waals surface area (Å²) in [5.41, 5.74) is 1.23. The van der Waals surface area contributed by atoms with E-state index in [-0.39, 0.29) is 5.56 Å².